The summed E-state index contributed by atoms with van der Waals surface area (Å²) in [4.78, 5) is 24.2. The first-order chi connectivity index (χ1) is 16.5. The maximum atomic E-state index is 12.3. The monoisotopic (exact) mass is 466 g/mol. The van der Waals surface area contributed by atoms with Gasteiger partial charge in [-0.05, 0) is 49.4 Å². The van der Waals surface area contributed by atoms with Crippen molar-refractivity contribution in [3.8, 4) is 5.75 Å². The van der Waals surface area contributed by atoms with Gasteiger partial charge >= 0.3 is 5.97 Å². The minimum atomic E-state index is -0.810. The number of carbonyl (C=O) groups excluding carboxylic acids is 2. The van der Waals surface area contributed by atoms with Gasteiger partial charge in [0.2, 0.25) is 0 Å². The van der Waals surface area contributed by atoms with Crippen molar-refractivity contribution >= 4 is 11.8 Å². The van der Waals surface area contributed by atoms with Crippen molar-refractivity contribution in [2.45, 2.75) is 78.2 Å². The molecule has 0 unspecified atom stereocenters. The molecule has 5 heteroatoms. The van der Waals surface area contributed by atoms with Crippen molar-refractivity contribution in [1.82, 2.24) is 0 Å². The van der Waals surface area contributed by atoms with E-state index in [4.69, 9.17) is 9.47 Å². The summed E-state index contributed by atoms with van der Waals surface area (Å²) >= 11 is 0. The van der Waals surface area contributed by atoms with Crippen LogP contribution in [0.2, 0.25) is 0 Å². The Kier molecular flexibility index (Phi) is 12.5. The van der Waals surface area contributed by atoms with Crippen LogP contribution in [0, 0.1) is 0 Å². The second-order valence-corrected chi connectivity index (χ2v) is 8.55. The lowest BCUT2D eigenvalue weighted by molar-refractivity contribution is -0.141. The summed E-state index contributed by atoms with van der Waals surface area (Å²) in [6.07, 6.45) is 9.44. The number of Topliss-reactive ketones (excluding diaryl/α,β-unsaturated/α-hetero) is 1. The average molecular weight is 467 g/mol. The number of unbranched alkanes of at least 4 members (excludes halogenated alkanes) is 5. The molecule has 5 nitrogen and oxygen atoms in total. The van der Waals surface area contributed by atoms with Gasteiger partial charge < -0.3 is 14.6 Å². The van der Waals surface area contributed by atoms with Crippen LogP contribution < -0.4 is 4.74 Å². The van der Waals surface area contributed by atoms with E-state index < -0.39 is 11.8 Å². The molecule has 1 N–H and O–H groups in total. The molecular weight excluding hydrogens is 428 g/mol. The summed E-state index contributed by atoms with van der Waals surface area (Å²) in [5, 5.41) is 10.3. The van der Waals surface area contributed by atoms with E-state index >= 15 is 0 Å². The Balaban J connectivity index is 1.73. The maximum absolute atomic E-state index is 12.3. The second kappa shape index (κ2) is 15.7. The quantitative estimate of drug-likeness (QED) is 0.0728. The lowest BCUT2D eigenvalue weighted by atomic mass is 10.0. The molecule has 184 valence electrons. The van der Waals surface area contributed by atoms with E-state index in [0.717, 1.165) is 17.7 Å². The number of ketones is 1. The molecule has 0 aliphatic heterocycles. The van der Waals surface area contributed by atoms with E-state index in [9.17, 15) is 14.7 Å². The van der Waals surface area contributed by atoms with Crippen LogP contribution >= 0.6 is 0 Å². The Hall–Kier alpha value is -3.08. The Bertz CT molecular complexity index is 900. The standard InChI is InChI=1S/C29H38O5/c1-3-4-5-6-7-9-13-24-17-19-26(20-18-24)33-21-12-16-27(31)28(23(2)30)29(32)34-22-25-14-10-8-11-15-25/h8,10-11,14-15,17-20,31H,3-7,9,12-13,16,21-22H2,1-2H3/b28-27+. The lowest BCUT2D eigenvalue weighted by Crippen LogP contribution is -2.16. The SMILES string of the molecule is CCCCCCCCc1ccc(OCCC/C(O)=C(/C(C)=O)C(=O)OCc2ccccc2)cc1. The minimum Gasteiger partial charge on any atom is -0.511 e. The third-order valence-corrected chi connectivity index (χ3v) is 5.63. The topological polar surface area (TPSA) is 72.8 Å². The van der Waals surface area contributed by atoms with Crippen molar-refractivity contribution in [2.24, 2.45) is 0 Å². The molecule has 2 aromatic rings. The van der Waals surface area contributed by atoms with Gasteiger partial charge in [-0.2, -0.15) is 0 Å². The van der Waals surface area contributed by atoms with Crippen LogP contribution in [0.15, 0.2) is 65.9 Å². The van der Waals surface area contributed by atoms with Gasteiger partial charge in [-0.15, -0.1) is 0 Å². The van der Waals surface area contributed by atoms with Gasteiger partial charge in [0.15, 0.2) is 5.78 Å². The Morgan fingerprint density at radius 2 is 1.50 bits per heavy atom. The maximum Gasteiger partial charge on any atom is 0.345 e. The first-order valence-electron chi connectivity index (χ1n) is 12.4. The summed E-state index contributed by atoms with van der Waals surface area (Å²) in [5.41, 5.74) is 1.82. The number of aryl methyl sites for hydroxylation is 1. The van der Waals surface area contributed by atoms with Crippen LogP contribution in [0.1, 0.15) is 76.3 Å². The zero-order valence-electron chi connectivity index (χ0n) is 20.6. The molecule has 0 amide bonds. The minimum absolute atomic E-state index is 0.0434. The molecule has 0 aliphatic carbocycles. The number of esters is 1. The number of benzene rings is 2. The van der Waals surface area contributed by atoms with Gasteiger partial charge in [0.25, 0.3) is 0 Å². The van der Waals surface area contributed by atoms with Gasteiger partial charge in [-0.25, -0.2) is 4.79 Å². The molecule has 0 spiro atoms. The number of ether oxygens (including phenoxy) is 2. The molecule has 2 aromatic carbocycles. The lowest BCUT2D eigenvalue weighted by Gasteiger charge is -2.10. The number of aliphatic hydroxyl groups excluding tert-OH is 1. The molecule has 0 saturated heterocycles. The number of aliphatic hydroxyl groups is 1. The molecule has 0 aliphatic rings. The van der Waals surface area contributed by atoms with E-state index in [1.54, 1.807) is 0 Å². The normalized spacial score (nSPS) is 11.6. The van der Waals surface area contributed by atoms with Crippen LogP contribution in [0.5, 0.6) is 5.75 Å². The van der Waals surface area contributed by atoms with Crippen LogP contribution in [0.4, 0.5) is 0 Å². The first kappa shape index (κ1) is 27.2. The molecule has 0 saturated carbocycles. The van der Waals surface area contributed by atoms with E-state index in [-0.39, 0.29) is 24.4 Å². The average Bonchev–Trinajstić information content (AvgIpc) is 2.84. The molecule has 0 fully saturated rings. The molecule has 2 rings (SSSR count). The molecule has 0 radical (unpaired) electrons. The van der Waals surface area contributed by atoms with Gasteiger partial charge in [-0.3, -0.25) is 4.79 Å². The van der Waals surface area contributed by atoms with E-state index in [1.165, 1.54) is 51.0 Å². The van der Waals surface area contributed by atoms with Crippen molar-refractivity contribution < 1.29 is 24.2 Å². The van der Waals surface area contributed by atoms with E-state index in [0.29, 0.717) is 13.0 Å². The van der Waals surface area contributed by atoms with Crippen molar-refractivity contribution in [3.05, 3.63) is 77.1 Å². The fourth-order valence-corrected chi connectivity index (χ4v) is 3.68. The molecule has 0 atom stereocenters. The van der Waals surface area contributed by atoms with Crippen molar-refractivity contribution in [2.75, 3.05) is 6.61 Å². The van der Waals surface area contributed by atoms with Crippen LogP contribution in [-0.2, 0) is 27.4 Å². The van der Waals surface area contributed by atoms with Gasteiger partial charge in [-0.1, -0.05) is 81.5 Å². The Morgan fingerprint density at radius 3 is 2.18 bits per heavy atom. The van der Waals surface area contributed by atoms with Gasteiger partial charge in [0.05, 0.1) is 6.61 Å². The highest BCUT2D eigenvalue weighted by atomic mass is 16.5. The highest BCUT2D eigenvalue weighted by Crippen LogP contribution is 2.17. The molecule has 0 heterocycles. The first-order valence-corrected chi connectivity index (χ1v) is 12.4. The number of carbonyl (C=O) groups is 2. The fraction of sp³-hybridized carbons (Fsp3) is 0.448. The van der Waals surface area contributed by atoms with Crippen LogP contribution in [0.25, 0.3) is 0 Å². The van der Waals surface area contributed by atoms with Crippen molar-refractivity contribution in [1.29, 1.82) is 0 Å². The molecule has 34 heavy (non-hydrogen) atoms. The summed E-state index contributed by atoms with van der Waals surface area (Å²) in [6.45, 7) is 3.89. The third kappa shape index (κ3) is 10.2. The van der Waals surface area contributed by atoms with Crippen LogP contribution in [0.3, 0.4) is 0 Å². The summed E-state index contributed by atoms with van der Waals surface area (Å²) in [7, 11) is 0. The van der Waals surface area contributed by atoms with Gasteiger partial charge in [0, 0.05) is 6.42 Å². The van der Waals surface area contributed by atoms with E-state index in [1.807, 2.05) is 42.5 Å². The molecule has 0 bridgehead atoms. The molecular formula is C29H38O5. The fourth-order valence-electron chi connectivity index (χ4n) is 3.68. The second-order valence-electron chi connectivity index (χ2n) is 8.55. The summed E-state index contributed by atoms with van der Waals surface area (Å²) in [6, 6.07) is 17.3. The number of hydrogen-bond acceptors (Lipinski definition) is 5. The number of rotatable bonds is 16. The zero-order chi connectivity index (χ0) is 24.6. The van der Waals surface area contributed by atoms with E-state index in [2.05, 4.69) is 19.1 Å². The zero-order valence-corrected chi connectivity index (χ0v) is 20.6. The third-order valence-electron chi connectivity index (χ3n) is 5.63. The summed E-state index contributed by atoms with van der Waals surface area (Å²) < 4.78 is 11.0. The number of hydrogen-bond donors (Lipinski definition) is 1. The van der Waals surface area contributed by atoms with Crippen molar-refractivity contribution in [3.63, 3.8) is 0 Å². The highest BCUT2D eigenvalue weighted by molar-refractivity contribution is 6.16. The largest absolute Gasteiger partial charge is 0.511 e. The Labute approximate surface area is 203 Å². The Morgan fingerprint density at radius 1 is 0.824 bits per heavy atom. The predicted molar refractivity (Wildman–Crippen MR) is 135 cm³/mol. The molecule has 0 aromatic heterocycles. The summed E-state index contributed by atoms with van der Waals surface area (Å²) in [5.74, 6) is -0.819. The predicted octanol–water partition coefficient (Wildman–Crippen LogP) is 6.89. The number of allylic oxidation sites excluding steroid dienone is 1. The van der Waals surface area contributed by atoms with Gasteiger partial charge in [0.1, 0.15) is 23.7 Å². The highest BCUT2D eigenvalue weighted by Gasteiger charge is 2.21. The smallest absolute Gasteiger partial charge is 0.345 e. The van der Waals surface area contributed by atoms with Crippen LogP contribution in [-0.4, -0.2) is 23.5 Å².